The van der Waals surface area contributed by atoms with Crippen molar-refractivity contribution >= 4 is 0 Å². The van der Waals surface area contributed by atoms with Crippen molar-refractivity contribution < 1.29 is 4.74 Å². The number of methoxy groups -OCH3 is 1. The first-order chi connectivity index (χ1) is 6.72. The summed E-state index contributed by atoms with van der Waals surface area (Å²) in [7, 11) is 1.70. The Kier molecular flexibility index (Phi) is 2.46. The Balaban J connectivity index is 2.11. The number of benzene rings is 1. The van der Waals surface area contributed by atoms with Gasteiger partial charge in [0, 0.05) is 6.04 Å². The van der Waals surface area contributed by atoms with Gasteiger partial charge in [0.05, 0.1) is 7.11 Å². The molecule has 1 fully saturated rings. The minimum Gasteiger partial charge on any atom is -0.497 e. The van der Waals surface area contributed by atoms with E-state index in [4.69, 9.17) is 10.5 Å². The van der Waals surface area contributed by atoms with Crippen LogP contribution in [0.5, 0.6) is 5.75 Å². The molecule has 3 atom stereocenters. The van der Waals surface area contributed by atoms with E-state index in [1.165, 1.54) is 12.0 Å². The van der Waals surface area contributed by atoms with Gasteiger partial charge in [-0.1, -0.05) is 12.1 Å². The first kappa shape index (κ1) is 9.53. The standard InChI is InChI=1S/C12H17NO/c1-8(13)11-7-12(11)9-4-3-5-10(6-9)14-2/h3-6,8,11-12H,7,13H2,1-2H3/t8-,11+,12-/m1/s1. The molecule has 76 valence electrons. The third kappa shape index (κ3) is 1.75. The first-order valence-electron chi connectivity index (χ1n) is 5.12. The van der Waals surface area contributed by atoms with Crippen molar-refractivity contribution in [3.05, 3.63) is 29.8 Å². The molecule has 0 heterocycles. The summed E-state index contributed by atoms with van der Waals surface area (Å²) in [5, 5.41) is 0. The molecule has 0 saturated heterocycles. The maximum atomic E-state index is 5.86. The second-order valence-electron chi connectivity index (χ2n) is 4.14. The molecule has 0 amide bonds. The van der Waals surface area contributed by atoms with Crippen LogP contribution >= 0.6 is 0 Å². The number of hydrogen-bond acceptors (Lipinski definition) is 2. The summed E-state index contributed by atoms with van der Waals surface area (Å²) >= 11 is 0. The average Bonchev–Trinajstić information content (AvgIpc) is 2.97. The fourth-order valence-electron chi connectivity index (χ4n) is 2.05. The molecule has 2 rings (SSSR count). The lowest BCUT2D eigenvalue weighted by Gasteiger charge is -2.05. The van der Waals surface area contributed by atoms with Crippen LogP contribution in [0, 0.1) is 5.92 Å². The highest BCUT2D eigenvalue weighted by Gasteiger charge is 2.40. The van der Waals surface area contributed by atoms with Crippen LogP contribution in [-0.4, -0.2) is 13.2 Å². The molecule has 14 heavy (non-hydrogen) atoms. The molecule has 1 aliphatic rings. The van der Waals surface area contributed by atoms with Gasteiger partial charge in [0.2, 0.25) is 0 Å². The summed E-state index contributed by atoms with van der Waals surface area (Å²) < 4.78 is 5.20. The zero-order valence-corrected chi connectivity index (χ0v) is 8.73. The third-order valence-electron chi connectivity index (χ3n) is 3.04. The highest BCUT2D eigenvalue weighted by Crippen LogP contribution is 2.49. The molecule has 1 saturated carbocycles. The van der Waals surface area contributed by atoms with Gasteiger partial charge in [-0.15, -0.1) is 0 Å². The van der Waals surface area contributed by atoms with Crippen LogP contribution in [0.3, 0.4) is 0 Å². The first-order valence-corrected chi connectivity index (χ1v) is 5.12. The Morgan fingerprint density at radius 1 is 1.50 bits per heavy atom. The predicted molar refractivity (Wildman–Crippen MR) is 57.5 cm³/mol. The lowest BCUT2D eigenvalue weighted by molar-refractivity contribution is 0.414. The molecule has 0 unspecified atom stereocenters. The van der Waals surface area contributed by atoms with Crippen LogP contribution in [-0.2, 0) is 0 Å². The highest BCUT2D eigenvalue weighted by molar-refractivity contribution is 5.34. The van der Waals surface area contributed by atoms with E-state index in [9.17, 15) is 0 Å². The van der Waals surface area contributed by atoms with Gasteiger partial charge < -0.3 is 10.5 Å². The van der Waals surface area contributed by atoms with Crippen LogP contribution in [0.25, 0.3) is 0 Å². The lowest BCUT2D eigenvalue weighted by Crippen LogP contribution is -2.17. The van der Waals surface area contributed by atoms with Gasteiger partial charge in [0.15, 0.2) is 0 Å². The minimum absolute atomic E-state index is 0.311. The fraction of sp³-hybridized carbons (Fsp3) is 0.500. The van der Waals surface area contributed by atoms with Crippen molar-refractivity contribution in [3.8, 4) is 5.75 Å². The van der Waals surface area contributed by atoms with Crippen molar-refractivity contribution in [1.82, 2.24) is 0 Å². The second kappa shape index (κ2) is 3.62. The average molecular weight is 191 g/mol. The van der Waals surface area contributed by atoms with Crippen LogP contribution in [0.15, 0.2) is 24.3 Å². The van der Waals surface area contributed by atoms with E-state index in [0.717, 1.165) is 5.75 Å². The number of ether oxygens (including phenoxy) is 1. The Labute approximate surface area is 85.1 Å². The van der Waals surface area contributed by atoms with E-state index in [1.54, 1.807) is 7.11 Å². The molecular weight excluding hydrogens is 174 g/mol. The molecule has 1 aromatic rings. The van der Waals surface area contributed by atoms with E-state index in [1.807, 2.05) is 12.1 Å². The van der Waals surface area contributed by atoms with Gasteiger partial charge >= 0.3 is 0 Å². The smallest absolute Gasteiger partial charge is 0.119 e. The molecule has 2 N–H and O–H groups in total. The Morgan fingerprint density at radius 3 is 2.86 bits per heavy atom. The van der Waals surface area contributed by atoms with Gasteiger partial charge in [-0.2, -0.15) is 0 Å². The molecule has 0 spiro atoms. The van der Waals surface area contributed by atoms with Gasteiger partial charge in [-0.05, 0) is 42.9 Å². The van der Waals surface area contributed by atoms with Crippen LogP contribution in [0.4, 0.5) is 0 Å². The number of nitrogens with two attached hydrogens (primary N) is 1. The molecular formula is C12H17NO. The van der Waals surface area contributed by atoms with E-state index in [0.29, 0.717) is 17.9 Å². The predicted octanol–water partition coefficient (Wildman–Crippen LogP) is 2.15. The van der Waals surface area contributed by atoms with Gasteiger partial charge in [0.25, 0.3) is 0 Å². The largest absolute Gasteiger partial charge is 0.497 e. The summed E-state index contributed by atoms with van der Waals surface area (Å²) in [6, 6.07) is 8.62. The van der Waals surface area contributed by atoms with E-state index < -0.39 is 0 Å². The Morgan fingerprint density at radius 2 is 2.29 bits per heavy atom. The summed E-state index contributed by atoms with van der Waals surface area (Å²) in [5.41, 5.74) is 7.23. The summed E-state index contributed by atoms with van der Waals surface area (Å²) in [4.78, 5) is 0. The highest BCUT2D eigenvalue weighted by atomic mass is 16.5. The zero-order chi connectivity index (χ0) is 10.1. The SMILES string of the molecule is COc1cccc([C@H]2C[C@H]2[C@@H](C)N)c1. The van der Waals surface area contributed by atoms with Crippen molar-refractivity contribution in [2.45, 2.75) is 25.3 Å². The fourth-order valence-corrected chi connectivity index (χ4v) is 2.05. The van der Waals surface area contributed by atoms with E-state index in [-0.39, 0.29) is 0 Å². The van der Waals surface area contributed by atoms with Crippen molar-refractivity contribution in [1.29, 1.82) is 0 Å². The summed E-state index contributed by atoms with van der Waals surface area (Å²) in [6.07, 6.45) is 1.23. The van der Waals surface area contributed by atoms with Crippen LogP contribution < -0.4 is 10.5 Å². The molecule has 0 bridgehead atoms. The minimum atomic E-state index is 0.311. The maximum absolute atomic E-state index is 5.86. The van der Waals surface area contributed by atoms with Gasteiger partial charge in [0.1, 0.15) is 5.75 Å². The number of rotatable bonds is 3. The topological polar surface area (TPSA) is 35.2 Å². The summed E-state index contributed by atoms with van der Waals surface area (Å²) in [6.45, 7) is 2.09. The van der Waals surface area contributed by atoms with Crippen LogP contribution in [0.2, 0.25) is 0 Å². The Bertz CT molecular complexity index is 322. The normalized spacial score (nSPS) is 27.1. The van der Waals surface area contributed by atoms with Gasteiger partial charge in [-0.25, -0.2) is 0 Å². The molecule has 1 aromatic carbocycles. The molecule has 2 nitrogen and oxygen atoms in total. The number of hydrogen-bond donors (Lipinski definition) is 1. The quantitative estimate of drug-likeness (QED) is 0.794. The van der Waals surface area contributed by atoms with E-state index >= 15 is 0 Å². The molecule has 0 aromatic heterocycles. The molecule has 0 radical (unpaired) electrons. The molecule has 2 heteroatoms. The van der Waals surface area contributed by atoms with Crippen LogP contribution in [0.1, 0.15) is 24.8 Å². The lowest BCUT2D eigenvalue weighted by atomic mass is 10.1. The van der Waals surface area contributed by atoms with Crippen molar-refractivity contribution in [2.24, 2.45) is 11.7 Å². The maximum Gasteiger partial charge on any atom is 0.119 e. The zero-order valence-electron chi connectivity index (χ0n) is 8.73. The summed E-state index contributed by atoms with van der Waals surface area (Å²) in [5.74, 6) is 2.27. The van der Waals surface area contributed by atoms with Gasteiger partial charge in [-0.3, -0.25) is 0 Å². The van der Waals surface area contributed by atoms with Crippen molar-refractivity contribution in [2.75, 3.05) is 7.11 Å². The van der Waals surface area contributed by atoms with Crippen molar-refractivity contribution in [3.63, 3.8) is 0 Å². The third-order valence-corrected chi connectivity index (χ3v) is 3.04. The van der Waals surface area contributed by atoms with E-state index in [2.05, 4.69) is 19.1 Å². The monoisotopic (exact) mass is 191 g/mol. The second-order valence-corrected chi connectivity index (χ2v) is 4.14. The molecule has 1 aliphatic carbocycles. The molecule has 0 aliphatic heterocycles. The Hall–Kier alpha value is -1.02.